The van der Waals surface area contributed by atoms with Crippen LogP contribution in [0.2, 0.25) is 5.02 Å². The molecule has 1 heterocycles. The summed E-state index contributed by atoms with van der Waals surface area (Å²) in [6.45, 7) is 5.71. The number of Topliss-reactive ketones (excluding diaryl/α,β-unsaturated/α-hetero) is 1. The Morgan fingerprint density at radius 3 is 1.92 bits per heavy atom. The van der Waals surface area contributed by atoms with E-state index >= 15 is 0 Å². The number of halogens is 1. The second kappa shape index (κ2) is 7.75. The molecule has 4 atom stereocenters. The van der Waals surface area contributed by atoms with Crippen LogP contribution in [0.4, 0.5) is 5.69 Å². The van der Waals surface area contributed by atoms with E-state index in [0.717, 1.165) is 27.8 Å². The van der Waals surface area contributed by atoms with E-state index in [1.165, 1.54) is 4.90 Å². The molecule has 0 unspecified atom stereocenters. The monoisotopic (exact) mass is 495 g/mol. The summed E-state index contributed by atoms with van der Waals surface area (Å²) in [7, 11) is 0. The molecule has 0 radical (unpaired) electrons. The lowest BCUT2D eigenvalue weighted by atomic mass is 9.62. The summed E-state index contributed by atoms with van der Waals surface area (Å²) >= 11 is 6.38. The van der Waals surface area contributed by atoms with Crippen LogP contribution >= 0.6 is 11.6 Å². The molecule has 2 amide bonds. The summed E-state index contributed by atoms with van der Waals surface area (Å²) in [4.78, 5) is 44.0. The van der Waals surface area contributed by atoms with Gasteiger partial charge in [0.25, 0.3) is 0 Å². The maximum absolute atomic E-state index is 14.5. The van der Waals surface area contributed by atoms with Gasteiger partial charge in [0.05, 0.1) is 28.4 Å². The summed E-state index contributed by atoms with van der Waals surface area (Å²) in [5.74, 6) is -2.18. The number of amides is 2. The fourth-order valence-corrected chi connectivity index (χ4v) is 7.28. The first-order valence-corrected chi connectivity index (χ1v) is 12.7. The van der Waals surface area contributed by atoms with Gasteiger partial charge in [-0.25, -0.2) is 4.90 Å². The largest absolute Gasteiger partial charge is 0.298 e. The van der Waals surface area contributed by atoms with E-state index < -0.39 is 22.7 Å². The molecular formula is C31H26ClNO3. The Balaban J connectivity index is 1.64. The van der Waals surface area contributed by atoms with Gasteiger partial charge in [0.15, 0.2) is 5.78 Å². The number of rotatable bonds is 4. The van der Waals surface area contributed by atoms with Crippen molar-refractivity contribution in [1.29, 1.82) is 0 Å². The first-order chi connectivity index (χ1) is 17.3. The van der Waals surface area contributed by atoms with Crippen LogP contribution in [0, 0.1) is 29.6 Å². The van der Waals surface area contributed by atoms with Crippen LogP contribution in [-0.2, 0) is 14.4 Å². The Kier molecular flexibility index (Phi) is 4.94. The molecule has 180 valence electrons. The fraction of sp³-hybridized carbons (Fsp3) is 0.258. The van der Waals surface area contributed by atoms with Crippen molar-refractivity contribution in [1.82, 2.24) is 0 Å². The Morgan fingerprint density at radius 2 is 1.36 bits per heavy atom. The zero-order valence-corrected chi connectivity index (χ0v) is 21.2. The molecule has 2 bridgehead atoms. The number of aryl methyl sites for hydroxylation is 1. The minimum Gasteiger partial charge on any atom is -0.298 e. The highest BCUT2D eigenvalue weighted by Gasteiger charge is 2.79. The number of carbonyl (C=O) groups is 3. The molecule has 1 aliphatic heterocycles. The molecule has 1 saturated heterocycles. The SMILES string of the molecule is CC[C@@]12C(=O)[C@@](C)(C(c3ccccc3)=C1c1ccccc1)[C@H]1C(=O)N(c3ccc(C)c(Cl)c3)C(=O)[C@H]12. The third-order valence-electron chi connectivity index (χ3n) is 8.65. The van der Waals surface area contributed by atoms with Crippen LogP contribution in [0.25, 0.3) is 11.1 Å². The van der Waals surface area contributed by atoms with Gasteiger partial charge in [-0.1, -0.05) is 85.3 Å². The molecule has 3 aromatic rings. The van der Waals surface area contributed by atoms with Crippen LogP contribution in [-0.4, -0.2) is 17.6 Å². The van der Waals surface area contributed by atoms with Crippen molar-refractivity contribution in [2.75, 3.05) is 4.90 Å². The Bertz CT molecular complexity index is 1480. The van der Waals surface area contributed by atoms with E-state index in [1.54, 1.807) is 12.1 Å². The van der Waals surface area contributed by atoms with Crippen LogP contribution in [0.1, 0.15) is 37.0 Å². The summed E-state index contributed by atoms with van der Waals surface area (Å²) in [6.07, 6.45) is 0.435. The number of fused-ring (bicyclic) bond motifs is 5. The average Bonchev–Trinajstić information content (AvgIpc) is 3.36. The highest BCUT2D eigenvalue weighted by Crippen LogP contribution is 2.74. The summed E-state index contributed by atoms with van der Waals surface area (Å²) in [6, 6.07) is 24.9. The highest BCUT2D eigenvalue weighted by atomic mass is 35.5. The minimum absolute atomic E-state index is 0.0199. The third-order valence-corrected chi connectivity index (χ3v) is 9.05. The van der Waals surface area contributed by atoms with E-state index in [2.05, 4.69) is 0 Å². The molecule has 0 spiro atoms. The normalized spacial score (nSPS) is 28.9. The predicted octanol–water partition coefficient (Wildman–Crippen LogP) is 6.36. The van der Waals surface area contributed by atoms with Crippen molar-refractivity contribution < 1.29 is 14.4 Å². The lowest BCUT2D eigenvalue weighted by Crippen LogP contribution is -2.41. The first kappa shape index (κ1) is 22.9. The molecule has 6 rings (SSSR count). The number of nitrogens with zero attached hydrogens (tertiary/aromatic N) is 1. The van der Waals surface area contributed by atoms with Crippen molar-refractivity contribution in [2.24, 2.45) is 22.7 Å². The zero-order valence-electron chi connectivity index (χ0n) is 20.4. The van der Waals surface area contributed by atoms with Crippen molar-refractivity contribution in [2.45, 2.75) is 27.2 Å². The molecule has 36 heavy (non-hydrogen) atoms. The summed E-state index contributed by atoms with van der Waals surface area (Å²) in [5, 5.41) is 0.494. The number of allylic oxidation sites excluding steroid dienone is 2. The molecule has 3 aromatic carbocycles. The molecule has 0 aromatic heterocycles. The van der Waals surface area contributed by atoms with Crippen molar-refractivity contribution in [3.05, 3.63) is 101 Å². The third kappa shape index (κ3) is 2.63. The van der Waals surface area contributed by atoms with E-state index in [0.29, 0.717) is 17.1 Å². The average molecular weight is 496 g/mol. The first-order valence-electron chi connectivity index (χ1n) is 12.3. The van der Waals surface area contributed by atoms with E-state index in [1.807, 2.05) is 87.5 Å². The molecule has 2 aliphatic carbocycles. The van der Waals surface area contributed by atoms with Gasteiger partial charge >= 0.3 is 0 Å². The quantitative estimate of drug-likeness (QED) is 0.395. The van der Waals surface area contributed by atoms with Crippen molar-refractivity contribution in [3.8, 4) is 0 Å². The number of ketones is 1. The van der Waals surface area contributed by atoms with Crippen LogP contribution < -0.4 is 4.90 Å². The standard InChI is InChI=1S/C31H26ClNO3/c1-4-31-24(20-13-9-6-10-14-20)23(19-11-7-5-8-12-19)30(3,29(31)36)25-26(31)28(35)33(27(25)34)21-16-15-18(2)22(32)17-21/h5-17,25-26H,4H2,1-3H3/t25-,26+,30+,31-/m1/s1. The smallest absolute Gasteiger partial charge is 0.239 e. The van der Waals surface area contributed by atoms with Gasteiger partial charge in [0, 0.05) is 5.02 Å². The number of carbonyl (C=O) groups excluding carboxylic acids is 3. The number of hydrogen-bond acceptors (Lipinski definition) is 3. The molecular weight excluding hydrogens is 470 g/mol. The van der Waals surface area contributed by atoms with Gasteiger partial charge in [0.1, 0.15) is 0 Å². The van der Waals surface area contributed by atoms with Crippen LogP contribution in [0.3, 0.4) is 0 Å². The molecule has 1 saturated carbocycles. The molecule has 3 aliphatic rings. The number of hydrogen-bond donors (Lipinski definition) is 0. The molecule has 0 N–H and O–H groups in total. The second-order valence-corrected chi connectivity index (χ2v) is 10.6. The predicted molar refractivity (Wildman–Crippen MR) is 141 cm³/mol. The second-order valence-electron chi connectivity index (χ2n) is 10.2. The highest BCUT2D eigenvalue weighted by molar-refractivity contribution is 6.35. The van der Waals surface area contributed by atoms with Gasteiger partial charge in [-0.3, -0.25) is 14.4 Å². The van der Waals surface area contributed by atoms with E-state index in [9.17, 15) is 14.4 Å². The fourth-order valence-electron chi connectivity index (χ4n) is 7.10. The molecule has 4 nitrogen and oxygen atoms in total. The number of benzene rings is 3. The lowest BCUT2D eigenvalue weighted by molar-refractivity contribution is -0.134. The lowest BCUT2D eigenvalue weighted by Gasteiger charge is -2.37. The Labute approximate surface area is 215 Å². The summed E-state index contributed by atoms with van der Waals surface area (Å²) < 4.78 is 0. The maximum Gasteiger partial charge on any atom is 0.239 e. The van der Waals surface area contributed by atoms with Crippen LogP contribution in [0.5, 0.6) is 0 Å². The topological polar surface area (TPSA) is 54.5 Å². The van der Waals surface area contributed by atoms with Gasteiger partial charge in [0.2, 0.25) is 11.8 Å². The van der Waals surface area contributed by atoms with Gasteiger partial charge in [-0.15, -0.1) is 0 Å². The van der Waals surface area contributed by atoms with Crippen molar-refractivity contribution in [3.63, 3.8) is 0 Å². The molecule has 5 heteroatoms. The van der Waals surface area contributed by atoms with Gasteiger partial charge in [-0.2, -0.15) is 0 Å². The van der Waals surface area contributed by atoms with E-state index in [-0.39, 0.29) is 17.6 Å². The maximum atomic E-state index is 14.5. The summed E-state index contributed by atoms with van der Waals surface area (Å²) in [5.41, 5.74) is 2.71. The minimum atomic E-state index is -1.12. The number of anilines is 1. The van der Waals surface area contributed by atoms with Crippen LogP contribution in [0.15, 0.2) is 78.9 Å². The van der Waals surface area contributed by atoms with Gasteiger partial charge < -0.3 is 0 Å². The van der Waals surface area contributed by atoms with Gasteiger partial charge in [-0.05, 0) is 60.2 Å². The van der Waals surface area contributed by atoms with Crippen molar-refractivity contribution >= 4 is 46.0 Å². The Morgan fingerprint density at radius 1 is 0.806 bits per heavy atom. The zero-order chi connectivity index (χ0) is 25.4. The Hall–Kier alpha value is -3.50. The van der Waals surface area contributed by atoms with E-state index in [4.69, 9.17) is 11.6 Å². The molecule has 2 fully saturated rings. The number of imide groups is 1.